The number of carbonyl (C=O) groups excluding carboxylic acids is 1. The van der Waals surface area contributed by atoms with Crippen LogP contribution in [0.3, 0.4) is 0 Å². The highest BCUT2D eigenvalue weighted by Crippen LogP contribution is 2.42. The van der Waals surface area contributed by atoms with Gasteiger partial charge in [-0.2, -0.15) is 0 Å². The van der Waals surface area contributed by atoms with E-state index in [2.05, 4.69) is 0 Å². The van der Waals surface area contributed by atoms with E-state index >= 15 is 0 Å². The Hall–Kier alpha value is -2.04. The molecule has 1 heterocycles. The molecule has 1 aromatic carbocycles. The first-order chi connectivity index (χ1) is 8.47. The monoisotopic (exact) mass is 249 g/mol. The Morgan fingerprint density at radius 1 is 1.39 bits per heavy atom. The summed E-state index contributed by atoms with van der Waals surface area (Å²) in [6.07, 6.45) is 0. The van der Waals surface area contributed by atoms with Gasteiger partial charge < -0.3 is 14.7 Å². The minimum Gasteiger partial charge on any atom is -0.497 e. The van der Waals surface area contributed by atoms with Gasteiger partial charge in [-0.15, -0.1) is 0 Å². The van der Waals surface area contributed by atoms with E-state index in [1.165, 1.54) is 18.9 Å². The Labute approximate surface area is 105 Å². The fourth-order valence-corrected chi connectivity index (χ4v) is 2.55. The molecular formula is C13H15NO4. The lowest BCUT2D eigenvalue weighted by Gasteiger charge is -2.22. The summed E-state index contributed by atoms with van der Waals surface area (Å²) in [6, 6.07) is 4.76. The van der Waals surface area contributed by atoms with Crippen LogP contribution in [0.2, 0.25) is 0 Å². The van der Waals surface area contributed by atoms with Crippen molar-refractivity contribution in [1.82, 2.24) is 0 Å². The zero-order chi connectivity index (χ0) is 13.4. The van der Waals surface area contributed by atoms with Crippen LogP contribution in [0.25, 0.3) is 0 Å². The lowest BCUT2D eigenvalue weighted by molar-refractivity contribution is -0.139. The smallest absolute Gasteiger partial charge is 0.313 e. The number of benzene rings is 1. The molecule has 1 aliphatic heterocycles. The molecule has 1 amide bonds. The number of ether oxygens (including phenoxy) is 1. The van der Waals surface area contributed by atoms with Gasteiger partial charge in [0.25, 0.3) is 0 Å². The fourth-order valence-electron chi connectivity index (χ4n) is 2.55. The van der Waals surface area contributed by atoms with Gasteiger partial charge in [0.05, 0.1) is 13.2 Å². The van der Waals surface area contributed by atoms with Crippen molar-refractivity contribution in [1.29, 1.82) is 0 Å². The number of aliphatic carboxylic acids is 1. The quantitative estimate of drug-likeness (QED) is 0.864. The molecule has 2 rings (SSSR count). The number of rotatable bonds is 2. The predicted molar refractivity (Wildman–Crippen MR) is 66.0 cm³/mol. The van der Waals surface area contributed by atoms with Crippen molar-refractivity contribution in [3.05, 3.63) is 23.8 Å². The molecule has 1 aliphatic rings. The Morgan fingerprint density at radius 3 is 2.56 bits per heavy atom. The molecule has 0 spiro atoms. The molecule has 96 valence electrons. The Balaban J connectivity index is 2.58. The Morgan fingerprint density at radius 2 is 2.06 bits per heavy atom. The summed E-state index contributed by atoms with van der Waals surface area (Å²) < 4.78 is 5.10. The highest BCUT2D eigenvalue weighted by molar-refractivity contribution is 5.98. The van der Waals surface area contributed by atoms with E-state index in [1.54, 1.807) is 25.1 Å². The van der Waals surface area contributed by atoms with Crippen LogP contribution in [0, 0.1) is 0 Å². The molecule has 0 aromatic heterocycles. The van der Waals surface area contributed by atoms with Gasteiger partial charge in [0.2, 0.25) is 5.91 Å². The van der Waals surface area contributed by atoms with Crippen molar-refractivity contribution >= 4 is 17.6 Å². The molecule has 1 N–H and O–H groups in total. The number of amides is 1. The van der Waals surface area contributed by atoms with Gasteiger partial charge >= 0.3 is 5.97 Å². The van der Waals surface area contributed by atoms with Crippen LogP contribution in [-0.4, -0.2) is 30.1 Å². The standard InChI is InChI=1S/C13H15NO4/c1-7-12(13(16)17)10-6-9(18-3)4-5-11(10)14(7)8(2)15/h4-7,12H,1-3H3,(H,16,17). The minimum atomic E-state index is -0.930. The largest absolute Gasteiger partial charge is 0.497 e. The molecule has 0 saturated carbocycles. The molecule has 0 aliphatic carbocycles. The van der Waals surface area contributed by atoms with Crippen LogP contribution < -0.4 is 9.64 Å². The van der Waals surface area contributed by atoms with E-state index in [9.17, 15) is 14.7 Å². The van der Waals surface area contributed by atoms with Crippen molar-refractivity contribution in [3.8, 4) is 5.75 Å². The SMILES string of the molecule is COc1ccc2c(c1)C(C(=O)O)C(C)N2C(C)=O. The lowest BCUT2D eigenvalue weighted by Crippen LogP contribution is -2.37. The number of carboxylic acid groups (broad SMARTS) is 1. The summed E-state index contributed by atoms with van der Waals surface area (Å²) in [7, 11) is 1.53. The first-order valence-corrected chi connectivity index (χ1v) is 5.68. The van der Waals surface area contributed by atoms with Gasteiger partial charge in [0.1, 0.15) is 11.7 Å². The normalized spacial score (nSPS) is 21.6. The number of hydrogen-bond donors (Lipinski definition) is 1. The maximum Gasteiger partial charge on any atom is 0.313 e. The molecule has 0 bridgehead atoms. The number of methoxy groups -OCH3 is 1. The second-order valence-corrected chi connectivity index (χ2v) is 4.37. The van der Waals surface area contributed by atoms with Crippen molar-refractivity contribution < 1.29 is 19.4 Å². The van der Waals surface area contributed by atoms with Crippen molar-refractivity contribution in [3.63, 3.8) is 0 Å². The maximum atomic E-state index is 11.6. The highest BCUT2D eigenvalue weighted by atomic mass is 16.5. The Kier molecular flexibility index (Phi) is 2.98. The number of nitrogens with zero attached hydrogens (tertiary/aromatic N) is 1. The fraction of sp³-hybridized carbons (Fsp3) is 0.385. The van der Waals surface area contributed by atoms with Crippen LogP contribution in [-0.2, 0) is 9.59 Å². The second-order valence-electron chi connectivity index (χ2n) is 4.37. The molecule has 5 heteroatoms. The van der Waals surface area contributed by atoms with Crippen LogP contribution in [0.5, 0.6) is 5.75 Å². The van der Waals surface area contributed by atoms with E-state index in [0.29, 0.717) is 17.0 Å². The van der Waals surface area contributed by atoms with Gasteiger partial charge in [-0.05, 0) is 30.7 Å². The lowest BCUT2D eigenvalue weighted by atomic mass is 9.96. The highest BCUT2D eigenvalue weighted by Gasteiger charge is 2.42. The van der Waals surface area contributed by atoms with Gasteiger partial charge in [0.15, 0.2) is 0 Å². The van der Waals surface area contributed by atoms with Crippen molar-refractivity contribution in [2.45, 2.75) is 25.8 Å². The van der Waals surface area contributed by atoms with Gasteiger partial charge in [0, 0.05) is 12.6 Å². The summed E-state index contributed by atoms with van der Waals surface area (Å²) in [5.41, 5.74) is 1.28. The average Bonchev–Trinajstić information content (AvgIpc) is 2.59. The summed E-state index contributed by atoms with van der Waals surface area (Å²) in [6.45, 7) is 3.18. The average molecular weight is 249 g/mol. The van der Waals surface area contributed by atoms with E-state index in [1.807, 2.05) is 0 Å². The van der Waals surface area contributed by atoms with E-state index < -0.39 is 11.9 Å². The van der Waals surface area contributed by atoms with E-state index in [0.717, 1.165) is 0 Å². The molecular weight excluding hydrogens is 234 g/mol. The van der Waals surface area contributed by atoms with Crippen molar-refractivity contribution in [2.75, 3.05) is 12.0 Å². The topological polar surface area (TPSA) is 66.8 Å². The van der Waals surface area contributed by atoms with Gasteiger partial charge in [-0.3, -0.25) is 9.59 Å². The third kappa shape index (κ3) is 1.72. The summed E-state index contributed by atoms with van der Waals surface area (Å²) in [4.78, 5) is 24.5. The van der Waals surface area contributed by atoms with Crippen LogP contribution in [0.15, 0.2) is 18.2 Å². The number of hydrogen-bond acceptors (Lipinski definition) is 3. The predicted octanol–water partition coefficient (Wildman–Crippen LogP) is 1.62. The third-order valence-corrected chi connectivity index (χ3v) is 3.32. The maximum absolute atomic E-state index is 11.6. The third-order valence-electron chi connectivity index (χ3n) is 3.32. The number of carboxylic acids is 1. The number of carbonyl (C=O) groups is 2. The van der Waals surface area contributed by atoms with Crippen LogP contribution in [0.4, 0.5) is 5.69 Å². The molecule has 18 heavy (non-hydrogen) atoms. The molecule has 0 radical (unpaired) electrons. The molecule has 5 nitrogen and oxygen atoms in total. The number of anilines is 1. The minimum absolute atomic E-state index is 0.155. The van der Waals surface area contributed by atoms with Crippen LogP contribution in [0.1, 0.15) is 25.3 Å². The number of fused-ring (bicyclic) bond motifs is 1. The summed E-state index contributed by atoms with van der Waals surface area (Å²) in [5.74, 6) is -1.20. The molecule has 2 atom stereocenters. The second kappa shape index (κ2) is 4.33. The summed E-state index contributed by atoms with van der Waals surface area (Å²) in [5, 5.41) is 9.31. The Bertz CT molecular complexity index is 512. The van der Waals surface area contributed by atoms with E-state index in [-0.39, 0.29) is 11.9 Å². The first kappa shape index (κ1) is 12.4. The molecule has 1 aromatic rings. The zero-order valence-electron chi connectivity index (χ0n) is 10.5. The summed E-state index contributed by atoms with van der Waals surface area (Å²) >= 11 is 0. The molecule has 0 saturated heterocycles. The zero-order valence-corrected chi connectivity index (χ0v) is 10.5. The first-order valence-electron chi connectivity index (χ1n) is 5.68. The molecule has 2 unspecified atom stereocenters. The van der Waals surface area contributed by atoms with Gasteiger partial charge in [-0.1, -0.05) is 0 Å². The van der Waals surface area contributed by atoms with Gasteiger partial charge in [-0.25, -0.2) is 0 Å². The van der Waals surface area contributed by atoms with E-state index in [4.69, 9.17) is 4.74 Å². The van der Waals surface area contributed by atoms with Crippen LogP contribution >= 0.6 is 0 Å². The molecule has 0 fully saturated rings. The van der Waals surface area contributed by atoms with Crippen molar-refractivity contribution in [2.24, 2.45) is 0 Å².